The molecule has 0 amide bonds. The van der Waals surface area contributed by atoms with Crippen molar-refractivity contribution in [3.63, 3.8) is 0 Å². The number of rotatable bonds is 1. The number of anilines is 3. The van der Waals surface area contributed by atoms with Gasteiger partial charge in [-0.25, -0.2) is 0 Å². The van der Waals surface area contributed by atoms with Gasteiger partial charge < -0.3 is 4.90 Å². The number of nitrogens with zero attached hydrogens (tertiary/aromatic N) is 1. The van der Waals surface area contributed by atoms with E-state index in [0.29, 0.717) is 0 Å². The summed E-state index contributed by atoms with van der Waals surface area (Å²) >= 11 is 1.93. The van der Waals surface area contributed by atoms with Crippen LogP contribution in [-0.4, -0.2) is 8.07 Å². The van der Waals surface area contributed by atoms with Gasteiger partial charge in [0.25, 0.3) is 0 Å². The summed E-state index contributed by atoms with van der Waals surface area (Å²) in [6.07, 6.45) is 0. The van der Waals surface area contributed by atoms with E-state index in [0.717, 1.165) is 0 Å². The molecule has 9 aromatic carbocycles. The van der Waals surface area contributed by atoms with Gasteiger partial charge in [0, 0.05) is 20.9 Å². The zero-order valence-corrected chi connectivity index (χ0v) is 37.6. The van der Waals surface area contributed by atoms with Crippen LogP contribution in [0, 0.1) is 13.8 Å². The van der Waals surface area contributed by atoms with Crippen molar-refractivity contribution in [1.82, 2.24) is 0 Å². The average molecular weight is 838 g/mol. The third-order valence-corrected chi connectivity index (χ3v) is 21.5. The normalized spacial score (nSPS) is 16.2. The van der Waals surface area contributed by atoms with Crippen molar-refractivity contribution in [2.45, 2.75) is 48.3 Å². The molecule has 0 fully saturated rings. The summed E-state index contributed by atoms with van der Waals surface area (Å²) in [7, 11) is -2.69. The summed E-state index contributed by atoms with van der Waals surface area (Å²) in [6.45, 7) is 9.36. The Morgan fingerprint density at radius 1 is 0.381 bits per heavy atom. The lowest BCUT2D eigenvalue weighted by atomic mass is 9.61. The quantitative estimate of drug-likeness (QED) is 0.152. The van der Waals surface area contributed by atoms with Crippen molar-refractivity contribution < 1.29 is 0 Å². The second-order valence-corrected chi connectivity index (χ2v) is 23.6. The lowest BCUT2D eigenvalue weighted by Crippen LogP contribution is -2.70. The highest BCUT2D eigenvalue weighted by molar-refractivity contribution is 7.99. The molecule has 0 radical (unpaired) electrons. The number of fused-ring (bicyclic) bond motifs is 21. The van der Waals surface area contributed by atoms with Gasteiger partial charge in [-0.3, -0.25) is 0 Å². The van der Waals surface area contributed by atoms with Gasteiger partial charge >= 0.3 is 0 Å². The third-order valence-electron chi connectivity index (χ3n) is 15.4. The summed E-state index contributed by atoms with van der Waals surface area (Å²) < 4.78 is 0. The van der Waals surface area contributed by atoms with E-state index in [1.165, 1.54) is 125 Å². The van der Waals surface area contributed by atoms with E-state index in [4.69, 9.17) is 0 Å². The largest absolute Gasteiger partial charge is 0.310 e. The number of para-hydroxylation sites is 1. The van der Waals surface area contributed by atoms with Crippen LogP contribution in [0.15, 0.2) is 198 Å². The predicted octanol–water partition coefficient (Wildman–Crippen LogP) is 12.6. The fraction of sp³-hybridized carbons (Fsp3) is 0.100. The number of aryl methyl sites for hydroxylation is 2. The van der Waals surface area contributed by atoms with Gasteiger partial charge in [0.15, 0.2) is 8.07 Å². The molecule has 1 nitrogen and oxygen atoms in total. The molecule has 1 aliphatic carbocycles. The first-order valence-corrected chi connectivity index (χ1v) is 25.2. The van der Waals surface area contributed by atoms with Crippen LogP contribution < -0.4 is 25.6 Å². The van der Waals surface area contributed by atoms with Crippen molar-refractivity contribution in [2.24, 2.45) is 0 Å². The predicted molar refractivity (Wildman–Crippen MR) is 266 cm³/mol. The SMILES string of the molecule is Cc1ccc2c(c1)C1(c3cc(C)ccc3S2)c2ccccc2N(c2ccc3c(c2)[Si]2(c4ccccc4-c4ccccc42)c2ccccc2-3)c2cc3c(cc21)-c1ccccc1C3(C)C. The number of benzene rings is 9. The molecule has 4 heterocycles. The molecular weight excluding hydrogens is 795 g/mol. The van der Waals surface area contributed by atoms with E-state index >= 15 is 0 Å². The van der Waals surface area contributed by atoms with Crippen molar-refractivity contribution >= 4 is 57.6 Å². The fourth-order valence-corrected chi connectivity index (χ4v) is 19.7. The van der Waals surface area contributed by atoms with Crippen molar-refractivity contribution in [3.8, 4) is 33.4 Å². The summed E-state index contributed by atoms with van der Waals surface area (Å²) in [5.41, 5.74) is 22.0. The molecule has 2 spiro atoms. The Kier molecular flexibility index (Phi) is 7.00. The maximum Gasteiger partial charge on any atom is 0.182 e. The molecule has 14 rings (SSSR count). The van der Waals surface area contributed by atoms with Crippen LogP contribution in [0.25, 0.3) is 33.4 Å². The maximum absolute atomic E-state index is 2.69. The smallest absolute Gasteiger partial charge is 0.182 e. The van der Waals surface area contributed by atoms with Crippen molar-refractivity contribution in [2.75, 3.05) is 4.90 Å². The van der Waals surface area contributed by atoms with E-state index in [2.05, 4.69) is 221 Å². The van der Waals surface area contributed by atoms with E-state index < -0.39 is 13.5 Å². The molecule has 0 unspecified atom stereocenters. The summed E-state index contributed by atoms with van der Waals surface area (Å²) in [6, 6.07) is 73.5. The van der Waals surface area contributed by atoms with Crippen LogP contribution in [0.4, 0.5) is 17.1 Å². The van der Waals surface area contributed by atoms with Crippen LogP contribution in [0.2, 0.25) is 0 Å². The standard InChI is InChI=1S/C60H43NSSi/c1-36-25-29-53-49(31-36)60(50-32-37(2)26-30-54(50)62-53)46-20-10-11-21-51(46)61(52-35-47-44(34-48(52)60)39-15-5-9-19-45(39)59(47,3)4)38-27-28-43-42-18-8-14-24-57(42)63(58(43)33-38)55-22-12-6-16-40(55)41-17-7-13-23-56(41)63/h5-35H,1-4H3. The Hall–Kier alpha value is -6.65. The first-order chi connectivity index (χ1) is 30.8. The molecule has 0 bridgehead atoms. The maximum atomic E-state index is 2.65. The molecular formula is C60H43NSSi. The second kappa shape index (κ2) is 12.3. The van der Waals surface area contributed by atoms with Crippen molar-refractivity contribution in [3.05, 3.63) is 233 Å². The zero-order chi connectivity index (χ0) is 42.0. The first-order valence-electron chi connectivity index (χ1n) is 22.3. The van der Waals surface area contributed by atoms with E-state index in [1.807, 2.05) is 11.8 Å². The van der Waals surface area contributed by atoms with Gasteiger partial charge in [0.05, 0.1) is 16.8 Å². The van der Waals surface area contributed by atoms with Gasteiger partial charge in [-0.15, -0.1) is 0 Å². The Morgan fingerprint density at radius 3 is 1.52 bits per heavy atom. The van der Waals surface area contributed by atoms with Crippen LogP contribution in [0.3, 0.4) is 0 Å². The monoisotopic (exact) mass is 837 g/mol. The molecule has 5 aliphatic rings. The molecule has 3 heteroatoms. The van der Waals surface area contributed by atoms with Gasteiger partial charge in [-0.1, -0.05) is 182 Å². The van der Waals surface area contributed by atoms with Gasteiger partial charge in [0.2, 0.25) is 0 Å². The number of hydrogen-bond donors (Lipinski definition) is 0. The molecule has 63 heavy (non-hydrogen) atoms. The Labute approximate surface area is 374 Å². The Balaban J connectivity index is 1.12. The first kappa shape index (κ1) is 35.9. The minimum atomic E-state index is -2.69. The number of hydrogen-bond acceptors (Lipinski definition) is 2. The molecule has 0 N–H and O–H groups in total. The molecule has 0 aromatic heterocycles. The lowest BCUT2D eigenvalue weighted by Gasteiger charge is -2.49. The van der Waals surface area contributed by atoms with E-state index in [-0.39, 0.29) is 5.41 Å². The third kappa shape index (κ3) is 4.30. The molecule has 0 atom stereocenters. The second-order valence-electron chi connectivity index (χ2n) is 18.9. The Morgan fingerprint density at radius 2 is 0.905 bits per heavy atom. The minimum absolute atomic E-state index is 0.171. The summed E-state index contributed by atoms with van der Waals surface area (Å²) in [5, 5.41) is 6.00. The van der Waals surface area contributed by atoms with Crippen LogP contribution in [-0.2, 0) is 10.8 Å². The van der Waals surface area contributed by atoms with E-state index in [9.17, 15) is 0 Å². The highest BCUT2D eigenvalue weighted by atomic mass is 32.2. The van der Waals surface area contributed by atoms with E-state index in [1.54, 1.807) is 0 Å². The molecule has 4 aliphatic heterocycles. The van der Waals surface area contributed by atoms with Gasteiger partial charge in [0.1, 0.15) is 0 Å². The van der Waals surface area contributed by atoms with Gasteiger partial charge in [-0.05, 0) is 144 Å². The fourth-order valence-electron chi connectivity index (χ4n) is 12.9. The van der Waals surface area contributed by atoms with Crippen LogP contribution in [0.5, 0.6) is 0 Å². The summed E-state index contributed by atoms with van der Waals surface area (Å²) in [4.78, 5) is 5.31. The van der Waals surface area contributed by atoms with Crippen LogP contribution >= 0.6 is 11.8 Å². The van der Waals surface area contributed by atoms with Crippen LogP contribution in [0.1, 0.15) is 58.4 Å². The minimum Gasteiger partial charge on any atom is -0.310 e. The van der Waals surface area contributed by atoms with Gasteiger partial charge in [-0.2, -0.15) is 0 Å². The molecule has 9 aromatic rings. The topological polar surface area (TPSA) is 3.24 Å². The summed E-state index contributed by atoms with van der Waals surface area (Å²) in [5.74, 6) is 0. The highest BCUT2D eigenvalue weighted by Crippen LogP contribution is 2.65. The molecule has 298 valence electrons. The molecule has 0 saturated carbocycles. The zero-order valence-electron chi connectivity index (χ0n) is 35.8. The average Bonchev–Trinajstić information content (AvgIpc) is 3.87. The molecule has 0 saturated heterocycles. The highest BCUT2D eigenvalue weighted by Gasteiger charge is 2.55. The Bertz CT molecular complexity index is 3410. The lowest BCUT2D eigenvalue weighted by molar-refractivity contribution is 0.656. The van der Waals surface area contributed by atoms with Crippen molar-refractivity contribution in [1.29, 1.82) is 0 Å².